The summed E-state index contributed by atoms with van der Waals surface area (Å²) in [7, 11) is 0. The Kier molecular flexibility index (Phi) is 5.51. The summed E-state index contributed by atoms with van der Waals surface area (Å²) in [5.41, 5.74) is 0.710. The van der Waals surface area contributed by atoms with Crippen molar-refractivity contribution in [2.24, 2.45) is 0 Å². The van der Waals surface area contributed by atoms with Crippen LogP contribution in [0.1, 0.15) is 27.7 Å². The molecule has 110 valence electrons. The Morgan fingerprint density at radius 1 is 1.20 bits per heavy atom. The first-order valence-electron chi connectivity index (χ1n) is 6.01. The lowest BCUT2D eigenvalue weighted by molar-refractivity contribution is -0.119. The fourth-order valence-electron chi connectivity index (χ4n) is 1.54. The molecule has 3 amide bonds. The summed E-state index contributed by atoms with van der Waals surface area (Å²) >= 11 is 1.19. The Bertz CT molecular complexity index is 539. The van der Waals surface area contributed by atoms with Gasteiger partial charge in [0, 0.05) is 11.4 Å². The van der Waals surface area contributed by atoms with Gasteiger partial charge in [-0.05, 0) is 26.3 Å². The van der Waals surface area contributed by atoms with E-state index in [2.05, 4.69) is 16.0 Å². The molecule has 0 aliphatic heterocycles. The molecule has 0 atom stereocenters. The Hall–Kier alpha value is -2.09. The van der Waals surface area contributed by atoms with Crippen LogP contribution < -0.4 is 16.0 Å². The molecule has 8 heteroatoms. The monoisotopic (exact) mass is 299 g/mol. The van der Waals surface area contributed by atoms with Crippen LogP contribution >= 0.6 is 11.3 Å². The van der Waals surface area contributed by atoms with Crippen LogP contribution in [-0.4, -0.2) is 36.1 Å². The van der Waals surface area contributed by atoms with Crippen molar-refractivity contribution in [2.75, 3.05) is 18.4 Å². The summed E-state index contributed by atoms with van der Waals surface area (Å²) in [4.78, 5) is 34.8. The molecule has 0 bridgehead atoms. The molecular formula is C12H17N3O4S. The number of carboxylic acid groups (broad SMARTS) is 1. The van der Waals surface area contributed by atoms with Crippen LogP contribution in [0.3, 0.4) is 0 Å². The zero-order valence-corrected chi connectivity index (χ0v) is 12.3. The van der Waals surface area contributed by atoms with E-state index in [4.69, 9.17) is 5.11 Å². The molecule has 0 saturated carbocycles. The molecule has 0 unspecified atom stereocenters. The van der Waals surface area contributed by atoms with E-state index in [0.717, 1.165) is 4.88 Å². The number of likely N-dealkylation sites (N-methyl/N-ethyl adjacent to an activating group) is 1. The molecule has 0 fully saturated rings. The van der Waals surface area contributed by atoms with Crippen molar-refractivity contribution in [3.05, 3.63) is 16.0 Å². The SMILES string of the molecule is CCNC(=O)CNC(=O)Nc1sc(C)c(C)c1C(=O)O. The predicted molar refractivity (Wildman–Crippen MR) is 76.5 cm³/mol. The van der Waals surface area contributed by atoms with Gasteiger partial charge in [0.1, 0.15) is 5.00 Å². The zero-order valence-electron chi connectivity index (χ0n) is 11.5. The van der Waals surface area contributed by atoms with Crippen LogP contribution in [0.15, 0.2) is 0 Å². The molecule has 0 spiro atoms. The molecule has 1 aromatic rings. The lowest BCUT2D eigenvalue weighted by Gasteiger charge is -2.07. The fraction of sp³-hybridized carbons (Fsp3) is 0.417. The maximum atomic E-state index is 11.6. The molecule has 7 nitrogen and oxygen atoms in total. The number of carboxylic acids is 1. The zero-order chi connectivity index (χ0) is 15.3. The number of anilines is 1. The molecular weight excluding hydrogens is 282 g/mol. The summed E-state index contributed by atoms with van der Waals surface area (Å²) < 4.78 is 0. The highest BCUT2D eigenvalue weighted by atomic mass is 32.1. The number of nitrogens with one attached hydrogen (secondary N) is 3. The van der Waals surface area contributed by atoms with Crippen molar-refractivity contribution in [2.45, 2.75) is 20.8 Å². The van der Waals surface area contributed by atoms with Crippen molar-refractivity contribution in [3.8, 4) is 0 Å². The van der Waals surface area contributed by atoms with Gasteiger partial charge in [-0.3, -0.25) is 10.1 Å². The van der Waals surface area contributed by atoms with Gasteiger partial charge < -0.3 is 15.7 Å². The minimum Gasteiger partial charge on any atom is -0.478 e. The molecule has 1 rings (SSSR count). The van der Waals surface area contributed by atoms with Crippen LogP contribution in [-0.2, 0) is 4.79 Å². The molecule has 0 aromatic carbocycles. The highest BCUT2D eigenvalue weighted by molar-refractivity contribution is 7.16. The predicted octanol–water partition coefficient (Wildman–Crippen LogP) is 1.32. The van der Waals surface area contributed by atoms with E-state index >= 15 is 0 Å². The quantitative estimate of drug-likeness (QED) is 0.657. The van der Waals surface area contributed by atoms with Crippen molar-refractivity contribution >= 4 is 34.2 Å². The maximum Gasteiger partial charge on any atom is 0.338 e. The largest absolute Gasteiger partial charge is 0.478 e. The van der Waals surface area contributed by atoms with Crippen LogP contribution in [0.5, 0.6) is 0 Å². The first-order chi connectivity index (χ1) is 9.36. The van der Waals surface area contributed by atoms with Crippen molar-refractivity contribution < 1.29 is 19.5 Å². The van der Waals surface area contributed by atoms with E-state index < -0.39 is 12.0 Å². The van der Waals surface area contributed by atoms with Crippen LogP contribution in [0.2, 0.25) is 0 Å². The number of aryl methyl sites for hydroxylation is 1. The third-order valence-electron chi connectivity index (χ3n) is 2.61. The topological polar surface area (TPSA) is 108 Å². The van der Waals surface area contributed by atoms with Gasteiger partial charge in [-0.25, -0.2) is 9.59 Å². The smallest absolute Gasteiger partial charge is 0.338 e. The summed E-state index contributed by atoms with van der Waals surface area (Å²) in [5.74, 6) is -1.40. The molecule has 20 heavy (non-hydrogen) atoms. The average Bonchev–Trinajstić information content (AvgIpc) is 2.62. The average molecular weight is 299 g/mol. The van der Waals surface area contributed by atoms with Gasteiger partial charge in [-0.2, -0.15) is 0 Å². The van der Waals surface area contributed by atoms with E-state index in [1.165, 1.54) is 11.3 Å². The Morgan fingerprint density at radius 3 is 2.40 bits per heavy atom. The van der Waals surface area contributed by atoms with E-state index in [-0.39, 0.29) is 23.0 Å². The summed E-state index contributed by atoms with van der Waals surface area (Å²) in [6.07, 6.45) is 0. The molecule has 0 aliphatic carbocycles. The summed E-state index contributed by atoms with van der Waals surface area (Å²) in [5, 5.41) is 16.8. The number of hydrogen-bond acceptors (Lipinski definition) is 4. The summed E-state index contributed by atoms with van der Waals surface area (Å²) in [6.45, 7) is 5.56. The number of amides is 3. The second-order valence-corrected chi connectivity index (χ2v) is 5.28. The highest BCUT2D eigenvalue weighted by Crippen LogP contribution is 2.32. The molecule has 0 radical (unpaired) electrons. The van der Waals surface area contributed by atoms with Crippen molar-refractivity contribution in [1.29, 1.82) is 0 Å². The molecule has 0 aliphatic rings. The first-order valence-corrected chi connectivity index (χ1v) is 6.83. The lowest BCUT2D eigenvalue weighted by atomic mass is 10.1. The van der Waals surface area contributed by atoms with Gasteiger partial charge in [0.05, 0.1) is 12.1 Å². The van der Waals surface area contributed by atoms with Crippen LogP contribution in [0, 0.1) is 13.8 Å². The standard InChI is InChI=1S/C12H17N3O4S/c1-4-13-8(16)5-14-12(19)15-10-9(11(17)18)6(2)7(3)20-10/h4-5H2,1-3H3,(H,13,16)(H,17,18)(H2,14,15,19). The number of aromatic carboxylic acids is 1. The van der Waals surface area contributed by atoms with Gasteiger partial charge >= 0.3 is 12.0 Å². The number of rotatable bonds is 5. The lowest BCUT2D eigenvalue weighted by Crippen LogP contribution is -2.38. The van der Waals surface area contributed by atoms with Crippen LogP contribution in [0.4, 0.5) is 9.80 Å². The number of hydrogen-bond donors (Lipinski definition) is 4. The maximum absolute atomic E-state index is 11.6. The third-order valence-corrected chi connectivity index (χ3v) is 3.73. The second-order valence-electron chi connectivity index (χ2n) is 4.05. The van der Waals surface area contributed by atoms with Crippen LogP contribution in [0.25, 0.3) is 0 Å². The third kappa shape index (κ3) is 3.95. The van der Waals surface area contributed by atoms with Gasteiger partial charge in [-0.1, -0.05) is 0 Å². The number of carbonyl (C=O) groups is 3. The van der Waals surface area contributed by atoms with Gasteiger partial charge in [0.15, 0.2) is 0 Å². The first kappa shape index (κ1) is 16.0. The Morgan fingerprint density at radius 2 is 1.85 bits per heavy atom. The number of thiophene rings is 1. The highest BCUT2D eigenvalue weighted by Gasteiger charge is 2.20. The molecule has 0 saturated heterocycles. The molecule has 1 aromatic heterocycles. The molecule has 1 heterocycles. The van der Waals surface area contributed by atoms with Crippen molar-refractivity contribution in [1.82, 2.24) is 10.6 Å². The van der Waals surface area contributed by atoms with Gasteiger partial charge in [0.25, 0.3) is 0 Å². The minimum atomic E-state index is -1.09. The van der Waals surface area contributed by atoms with E-state index in [1.807, 2.05) is 0 Å². The normalized spacial score (nSPS) is 9.95. The van der Waals surface area contributed by atoms with E-state index in [9.17, 15) is 14.4 Å². The minimum absolute atomic E-state index is 0.0839. The summed E-state index contributed by atoms with van der Waals surface area (Å²) in [6, 6.07) is -0.611. The Balaban J connectivity index is 2.69. The number of urea groups is 1. The van der Waals surface area contributed by atoms with Gasteiger partial charge in [-0.15, -0.1) is 11.3 Å². The van der Waals surface area contributed by atoms with Crippen molar-refractivity contribution in [3.63, 3.8) is 0 Å². The molecule has 4 N–H and O–H groups in total. The van der Waals surface area contributed by atoms with E-state index in [0.29, 0.717) is 12.1 Å². The van der Waals surface area contributed by atoms with Gasteiger partial charge in [0.2, 0.25) is 5.91 Å². The van der Waals surface area contributed by atoms with E-state index in [1.54, 1.807) is 20.8 Å². The second kappa shape index (κ2) is 6.90. The fourth-order valence-corrected chi connectivity index (χ4v) is 2.59. The Labute approximate surface area is 120 Å². The number of carbonyl (C=O) groups excluding carboxylic acids is 2.